The first-order valence-electron chi connectivity index (χ1n) is 7.46. The molecule has 0 radical (unpaired) electrons. The number of hydrogen-bond acceptors (Lipinski definition) is 3. The fourth-order valence-electron chi connectivity index (χ4n) is 2.85. The van der Waals surface area contributed by atoms with Crippen LogP contribution in [0.3, 0.4) is 0 Å². The van der Waals surface area contributed by atoms with Crippen molar-refractivity contribution in [2.24, 2.45) is 5.41 Å². The van der Waals surface area contributed by atoms with Gasteiger partial charge < -0.3 is 14.8 Å². The molecule has 1 aromatic rings. The second-order valence-electron chi connectivity index (χ2n) is 6.59. The third-order valence-corrected chi connectivity index (χ3v) is 3.82. The first-order chi connectivity index (χ1) is 9.50. The van der Waals surface area contributed by atoms with Gasteiger partial charge in [-0.2, -0.15) is 0 Å². The van der Waals surface area contributed by atoms with Gasteiger partial charge in [-0.05, 0) is 30.4 Å². The van der Waals surface area contributed by atoms with Crippen LogP contribution in [-0.2, 0) is 11.2 Å². The molecule has 0 saturated carbocycles. The lowest BCUT2D eigenvalue weighted by atomic mass is 9.85. The Kier molecular flexibility index (Phi) is 5.06. The summed E-state index contributed by atoms with van der Waals surface area (Å²) >= 11 is 0. The van der Waals surface area contributed by atoms with Crippen LogP contribution in [0, 0.1) is 12.3 Å². The lowest BCUT2D eigenvalue weighted by Gasteiger charge is -2.28. The topological polar surface area (TPSA) is 30.5 Å². The highest BCUT2D eigenvalue weighted by molar-refractivity contribution is 5.40. The van der Waals surface area contributed by atoms with Gasteiger partial charge in [0.05, 0.1) is 6.61 Å². The van der Waals surface area contributed by atoms with Crippen molar-refractivity contribution in [1.29, 1.82) is 0 Å². The Morgan fingerprint density at radius 1 is 1.40 bits per heavy atom. The van der Waals surface area contributed by atoms with Crippen LogP contribution in [0.1, 0.15) is 31.4 Å². The summed E-state index contributed by atoms with van der Waals surface area (Å²) in [4.78, 5) is 0. The van der Waals surface area contributed by atoms with Gasteiger partial charge in [-0.15, -0.1) is 0 Å². The van der Waals surface area contributed by atoms with Crippen LogP contribution in [0.5, 0.6) is 5.75 Å². The van der Waals surface area contributed by atoms with Gasteiger partial charge in [-0.1, -0.05) is 31.5 Å². The Morgan fingerprint density at radius 2 is 2.20 bits per heavy atom. The molecule has 0 fully saturated rings. The average molecular weight is 277 g/mol. The molecule has 20 heavy (non-hydrogen) atoms. The molecule has 0 bridgehead atoms. The fraction of sp³-hybridized carbons (Fsp3) is 0.647. The van der Waals surface area contributed by atoms with Crippen LogP contribution in [0.25, 0.3) is 0 Å². The molecule has 3 heteroatoms. The highest BCUT2D eigenvalue weighted by Gasteiger charge is 2.29. The first kappa shape index (κ1) is 15.3. The molecule has 1 heterocycles. The molecule has 3 nitrogen and oxygen atoms in total. The number of nitrogens with one attached hydrogen (secondary N) is 1. The maximum Gasteiger partial charge on any atom is 0.123 e. The SMILES string of the molecule is COCCNCC(C)(C)CC1Cc2cc(C)ccc2O1. The van der Waals surface area contributed by atoms with E-state index in [4.69, 9.17) is 9.47 Å². The van der Waals surface area contributed by atoms with Crippen LogP contribution in [-0.4, -0.2) is 32.9 Å². The van der Waals surface area contributed by atoms with Crippen LogP contribution < -0.4 is 10.1 Å². The Morgan fingerprint density at radius 3 is 2.95 bits per heavy atom. The van der Waals surface area contributed by atoms with Crippen molar-refractivity contribution in [3.05, 3.63) is 29.3 Å². The predicted molar refractivity (Wildman–Crippen MR) is 82.4 cm³/mol. The molecular formula is C17H27NO2. The summed E-state index contributed by atoms with van der Waals surface area (Å²) in [5.41, 5.74) is 2.90. The fourth-order valence-corrected chi connectivity index (χ4v) is 2.85. The highest BCUT2D eigenvalue weighted by Crippen LogP contribution is 2.34. The molecule has 112 valence electrons. The smallest absolute Gasteiger partial charge is 0.123 e. The zero-order valence-electron chi connectivity index (χ0n) is 13.2. The van der Waals surface area contributed by atoms with Crippen molar-refractivity contribution in [3.8, 4) is 5.75 Å². The summed E-state index contributed by atoms with van der Waals surface area (Å²) in [6, 6.07) is 6.48. The number of aryl methyl sites for hydroxylation is 1. The van der Waals surface area contributed by atoms with E-state index in [1.165, 1.54) is 11.1 Å². The highest BCUT2D eigenvalue weighted by atomic mass is 16.5. The van der Waals surface area contributed by atoms with Crippen molar-refractivity contribution >= 4 is 0 Å². The molecule has 1 N–H and O–H groups in total. The van der Waals surface area contributed by atoms with E-state index in [9.17, 15) is 0 Å². The van der Waals surface area contributed by atoms with Crippen molar-refractivity contribution < 1.29 is 9.47 Å². The molecule has 0 aliphatic carbocycles. The van der Waals surface area contributed by atoms with E-state index in [-0.39, 0.29) is 5.41 Å². The number of rotatable bonds is 7. The number of methoxy groups -OCH3 is 1. The molecule has 1 atom stereocenters. The van der Waals surface area contributed by atoms with Crippen LogP contribution >= 0.6 is 0 Å². The van der Waals surface area contributed by atoms with E-state index in [2.05, 4.69) is 44.3 Å². The largest absolute Gasteiger partial charge is 0.490 e. The van der Waals surface area contributed by atoms with Crippen molar-refractivity contribution in [2.75, 3.05) is 26.8 Å². The van der Waals surface area contributed by atoms with Gasteiger partial charge in [0.2, 0.25) is 0 Å². The maximum absolute atomic E-state index is 6.07. The van der Waals surface area contributed by atoms with E-state index < -0.39 is 0 Å². The molecule has 1 aliphatic heterocycles. The molecule has 0 saturated heterocycles. The van der Waals surface area contributed by atoms with Crippen molar-refractivity contribution in [1.82, 2.24) is 5.32 Å². The van der Waals surface area contributed by atoms with Gasteiger partial charge in [0.15, 0.2) is 0 Å². The Balaban J connectivity index is 1.82. The molecule has 1 aliphatic rings. The average Bonchev–Trinajstić information content (AvgIpc) is 2.75. The molecular weight excluding hydrogens is 250 g/mol. The quantitative estimate of drug-likeness (QED) is 0.777. The summed E-state index contributed by atoms with van der Waals surface area (Å²) in [5, 5.41) is 3.45. The number of benzene rings is 1. The van der Waals surface area contributed by atoms with Gasteiger partial charge in [0, 0.05) is 26.6 Å². The van der Waals surface area contributed by atoms with Gasteiger partial charge in [0.1, 0.15) is 11.9 Å². The summed E-state index contributed by atoms with van der Waals surface area (Å²) in [6.07, 6.45) is 2.42. The summed E-state index contributed by atoms with van der Waals surface area (Å²) in [7, 11) is 1.73. The monoisotopic (exact) mass is 277 g/mol. The summed E-state index contributed by atoms with van der Waals surface area (Å²) in [6.45, 7) is 9.39. The minimum Gasteiger partial charge on any atom is -0.490 e. The van der Waals surface area contributed by atoms with Crippen molar-refractivity contribution in [3.63, 3.8) is 0 Å². The second kappa shape index (κ2) is 6.59. The Labute approximate surface area is 122 Å². The number of ether oxygens (including phenoxy) is 2. The number of fused-ring (bicyclic) bond motifs is 1. The van der Waals surface area contributed by atoms with Gasteiger partial charge in [0.25, 0.3) is 0 Å². The van der Waals surface area contributed by atoms with E-state index >= 15 is 0 Å². The van der Waals surface area contributed by atoms with Crippen LogP contribution in [0.2, 0.25) is 0 Å². The summed E-state index contributed by atoms with van der Waals surface area (Å²) in [5.74, 6) is 1.07. The standard InChI is InChI=1S/C17H27NO2/c1-13-5-6-16-14(9-13)10-15(20-16)11-17(2,3)12-18-7-8-19-4/h5-6,9,15,18H,7-8,10-12H2,1-4H3. The van der Waals surface area contributed by atoms with E-state index in [0.717, 1.165) is 38.3 Å². The Bertz CT molecular complexity index is 443. The molecule has 0 spiro atoms. The molecule has 1 unspecified atom stereocenters. The van der Waals surface area contributed by atoms with Crippen molar-refractivity contribution in [2.45, 2.75) is 39.7 Å². The Hall–Kier alpha value is -1.06. The molecule has 0 amide bonds. The normalized spacial score (nSPS) is 17.9. The van der Waals surface area contributed by atoms with Gasteiger partial charge >= 0.3 is 0 Å². The predicted octanol–water partition coefficient (Wildman–Crippen LogP) is 2.95. The minimum atomic E-state index is 0.232. The van der Waals surface area contributed by atoms with Crippen LogP contribution in [0.4, 0.5) is 0 Å². The minimum absolute atomic E-state index is 0.232. The van der Waals surface area contributed by atoms with E-state index in [1.807, 2.05) is 0 Å². The molecule has 2 rings (SSSR count). The second-order valence-corrected chi connectivity index (χ2v) is 6.59. The first-order valence-corrected chi connectivity index (χ1v) is 7.46. The lowest BCUT2D eigenvalue weighted by molar-refractivity contribution is 0.149. The van der Waals surface area contributed by atoms with Gasteiger partial charge in [-0.3, -0.25) is 0 Å². The lowest BCUT2D eigenvalue weighted by Crippen LogP contribution is -2.35. The third kappa shape index (κ3) is 4.22. The zero-order valence-corrected chi connectivity index (χ0v) is 13.2. The van der Waals surface area contributed by atoms with E-state index in [0.29, 0.717) is 6.10 Å². The van der Waals surface area contributed by atoms with Crippen LogP contribution in [0.15, 0.2) is 18.2 Å². The van der Waals surface area contributed by atoms with Gasteiger partial charge in [-0.25, -0.2) is 0 Å². The molecule has 1 aromatic carbocycles. The third-order valence-electron chi connectivity index (χ3n) is 3.82. The maximum atomic E-state index is 6.07. The molecule has 0 aromatic heterocycles. The number of hydrogen-bond donors (Lipinski definition) is 1. The zero-order chi connectivity index (χ0) is 14.6. The summed E-state index contributed by atoms with van der Waals surface area (Å²) < 4.78 is 11.1. The van der Waals surface area contributed by atoms with E-state index in [1.54, 1.807) is 7.11 Å².